The SMILES string of the molecule is COc1ccc(C=Nc2ccc(-c3ccc(N=Cc4ccc(OC)cc4OC)cc3)cc2)c(OC)c1. The van der Waals surface area contributed by atoms with Gasteiger partial charge in [0.25, 0.3) is 0 Å². The Labute approximate surface area is 211 Å². The molecule has 0 unspecified atom stereocenters. The lowest BCUT2D eigenvalue weighted by atomic mass is 10.1. The van der Waals surface area contributed by atoms with E-state index in [0.717, 1.165) is 45.1 Å². The fourth-order valence-corrected chi connectivity index (χ4v) is 3.62. The largest absolute Gasteiger partial charge is 0.497 e. The molecule has 0 N–H and O–H groups in total. The van der Waals surface area contributed by atoms with Crippen molar-refractivity contribution in [2.75, 3.05) is 28.4 Å². The number of methoxy groups -OCH3 is 4. The summed E-state index contributed by atoms with van der Waals surface area (Å²) >= 11 is 0. The second kappa shape index (κ2) is 11.7. The van der Waals surface area contributed by atoms with E-state index in [4.69, 9.17) is 18.9 Å². The zero-order valence-electron chi connectivity index (χ0n) is 20.8. The van der Waals surface area contributed by atoms with Crippen molar-refractivity contribution in [1.82, 2.24) is 0 Å². The van der Waals surface area contributed by atoms with Crippen molar-refractivity contribution in [1.29, 1.82) is 0 Å². The number of aliphatic imine (C=N–C) groups is 2. The summed E-state index contributed by atoms with van der Waals surface area (Å²) in [6, 6.07) is 27.5. The summed E-state index contributed by atoms with van der Waals surface area (Å²) in [4.78, 5) is 9.17. The van der Waals surface area contributed by atoms with Crippen LogP contribution >= 0.6 is 0 Å². The van der Waals surface area contributed by atoms with Crippen molar-refractivity contribution in [3.8, 4) is 34.1 Å². The predicted molar refractivity (Wildman–Crippen MR) is 145 cm³/mol. The summed E-state index contributed by atoms with van der Waals surface area (Å²) in [7, 11) is 6.52. The molecule has 0 aliphatic carbocycles. The molecule has 4 rings (SSSR count). The number of hydrogen-bond donors (Lipinski definition) is 0. The average Bonchev–Trinajstić information content (AvgIpc) is 2.95. The number of ether oxygens (including phenoxy) is 4. The van der Waals surface area contributed by atoms with Crippen molar-refractivity contribution in [3.05, 3.63) is 96.1 Å². The highest BCUT2D eigenvalue weighted by atomic mass is 16.5. The van der Waals surface area contributed by atoms with Crippen LogP contribution in [-0.2, 0) is 0 Å². The Morgan fingerprint density at radius 1 is 0.472 bits per heavy atom. The van der Waals surface area contributed by atoms with Crippen molar-refractivity contribution >= 4 is 23.8 Å². The number of nitrogens with zero attached hydrogens (tertiary/aromatic N) is 2. The molecule has 0 saturated carbocycles. The van der Waals surface area contributed by atoms with Gasteiger partial charge in [0.05, 0.1) is 39.8 Å². The van der Waals surface area contributed by atoms with Gasteiger partial charge in [0, 0.05) is 35.7 Å². The highest BCUT2D eigenvalue weighted by Gasteiger charge is 2.04. The summed E-state index contributed by atoms with van der Waals surface area (Å²) in [5.74, 6) is 2.90. The van der Waals surface area contributed by atoms with Crippen molar-refractivity contribution in [3.63, 3.8) is 0 Å². The third kappa shape index (κ3) is 5.91. The van der Waals surface area contributed by atoms with Crippen LogP contribution in [0.2, 0.25) is 0 Å². The first-order chi connectivity index (χ1) is 17.6. The minimum absolute atomic E-state index is 0.711. The monoisotopic (exact) mass is 480 g/mol. The molecular weight excluding hydrogens is 452 g/mol. The first-order valence-electron chi connectivity index (χ1n) is 11.4. The van der Waals surface area contributed by atoms with Gasteiger partial charge in [-0.15, -0.1) is 0 Å². The first kappa shape index (κ1) is 24.5. The fraction of sp³-hybridized carbons (Fsp3) is 0.133. The molecule has 0 fully saturated rings. The van der Waals surface area contributed by atoms with Crippen LogP contribution in [0.4, 0.5) is 11.4 Å². The molecule has 0 radical (unpaired) electrons. The summed E-state index contributed by atoms with van der Waals surface area (Å²) in [6.45, 7) is 0. The van der Waals surface area contributed by atoms with Gasteiger partial charge in [0.2, 0.25) is 0 Å². The lowest BCUT2D eigenvalue weighted by Crippen LogP contribution is -1.92. The molecule has 182 valence electrons. The van der Waals surface area contributed by atoms with Gasteiger partial charge in [-0.1, -0.05) is 24.3 Å². The van der Waals surface area contributed by atoms with Gasteiger partial charge in [-0.05, 0) is 59.7 Å². The molecule has 0 aromatic heterocycles. The molecule has 4 aromatic rings. The standard InChI is InChI=1S/C30H28N2O4/c1-33-27-15-9-23(29(17-27)35-3)19-31-25-11-5-21(6-12-25)22-7-13-26(14-8-22)32-20-24-10-16-28(34-2)18-30(24)36-4/h5-20H,1-4H3. The molecule has 36 heavy (non-hydrogen) atoms. The Morgan fingerprint density at radius 3 is 1.19 bits per heavy atom. The molecule has 0 amide bonds. The van der Waals surface area contributed by atoms with E-state index >= 15 is 0 Å². The van der Waals surface area contributed by atoms with E-state index in [2.05, 4.69) is 34.3 Å². The van der Waals surface area contributed by atoms with E-state index in [1.807, 2.05) is 60.7 Å². The van der Waals surface area contributed by atoms with Crippen LogP contribution in [0.15, 0.2) is 94.9 Å². The second-order valence-corrected chi connectivity index (χ2v) is 7.83. The van der Waals surface area contributed by atoms with Crippen LogP contribution < -0.4 is 18.9 Å². The summed E-state index contributed by atoms with van der Waals surface area (Å²) < 4.78 is 21.4. The maximum absolute atomic E-state index is 5.43. The van der Waals surface area contributed by atoms with Crippen LogP contribution in [0.1, 0.15) is 11.1 Å². The summed E-state index contributed by atoms with van der Waals surface area (Å²) in [5.41, 5.74) is 5.67. The zero-order chi connectivity index (χ0) is 25.3. The fourth-order valence-electron chi connectivity index (χ4n) is 3.62. The van der Waals surface area contributed by atoms with E-state index in [-0.39, 0.29) is 0 Å². The lowest BCUT2D eigenvalue weighted by molar-refractivity contribution is 0.393. The third-order valence-corrected chi connectivity index (χ3v) is 5.65. The minimum Gasteiger partial charge on any atom is -0.497 e. The minimum atomic E-state index is 0.711. The lowest BCUT2D eigenvalue weighted by Gasteiger charge is -2.07. The molecule has 0 spiro atoms. The third-order valence-electron chi connectivity index (χ3n) is 5.65. The first-order valence-corrected chi connectivity index (χ1v) is 11.4. The Bertz CT molecular complexity index is 1250. The molecular formula is C30H28N2O4. The van der Waals surface area contributed by atoms with Gasteiger partial charge in [-0.3, -0.25) is 9.98 Å². The van der Waals surface area contributed by atoms with Gasteiger partial charge < -0.3 is 18.9 Å². The molecule has 0 aliphatic rings. The predicted octanol–water partition coefficient (Wildman–Crippen LogP) is 6.89. The van der Waals surface area contributed by atoms with E-state index < -0.39 is 0 Å². The molecule has 6 nitrogen and oxygen atoms in total. The summed E-state index contributed by atoms with van der Waals surface area (Å²) in [6.07, 6.45) is 3.58. The van der Waals surface area contributed by atoms with Gasteiger partial charge in [-0.2, -0.15) is 0 Å². The maximum atomic E-state index is 5.43. The molecule has 0 atom stereocenters. The van der Waals surface area contributed by atoms with Gasteiger partial charge in [0.1, 0.15) is 23.0 Å². The number of benzene rings is 4. The number of hydrogen-bond acceptors (Lipinski definition) is 6. The van der Waals surface area contributed by atoms with Crippen molar-refractivity contribution in [2.45, 2.75) is 0 Å². The zero-order valence-corrected chi connectivity index (χ0v) is 20.8. The van der Waals surface area contributed by atoms with Crippen LogP contribution in [0.25, 0.3) is 11.1 Å². The Hall–Kier alpha value is -4.58. The van der Waals surface area contributed by atoms with Gasteiger partial charge >= 0.3 is 0 Å². The van der Waals surface area contributed by atoms with Gasteiger partial charge in [0.15, 0.2) is 0 Å². The van der Waals surface area contributed by atoms with Crippen molar-refractivity contribution in [2.24, 2.45) is 9.98 Å². The average molecular weight is 481 g/mol. The molecule has 0 saturated heterocycles. The highest BCUT2D eigenvalue weighted by Crippen LogP contribution is 2.28. The van der Waals surface area contributed by atoms with E-state index in [1.165, 1.54) is 0 Å². The van der Waals surface area contributed by atoms with Gasteiger partial charge in [-0.25, -0.2) is 0 Å². The Morgan fingerprint density at radius 2 is 0.861 bits per heavy atom. The van der Waals surface area contributed by atoms with Crippen LogP contribution in [0, 0.1) is 0 Å². The quantitative estimate of drug-likeness (QED) is 0.245. The smallest absolute Gasteiger partial charge is 0.131 e. The van der Waals surface area contributed by atoms with Crippen LogP contribution in [0.3, 0.4) is 0 Å². The molecule has 0 bridgehead atoms. The van der Waals surface area contributed by atoms with E-state index in [1.54, 1.807) is 40.9 Å². The van der Waals surface area contributed by atoms with Crippen LogP contribution in [0.5, 0.6) is 23.0 Å². The molecule has 0 aliphatic heterocycles. The Balaban J connectivity index is 1.44. The van der Waals surface area contributed by atoms with E-state index in [9.17, 15) is 0 Å². The Kier molecular flexibility index (Phi) is 7.98. The molecule has 4 aromatic carbocycles. The molecule has 0 heterocycles. The highest BCUT2D eigenvalue weighted by molar-refractivity contribution is 5.87. The van der Waals surface area contributed by atoms with E-state index in [0.29, 0.717) is 11.5 Å². The topological polar surface area (TPSA) is 61.6 Å². The molecule has 6 heteroatoms. The van der Waals surface area contributed by atoms with Crippen molar-refractivity contribution < 1.29 is 18.9 Å². The second-order valence-electron chi connectivity index (χ2n) is 7.83. The maximum Gasteiger partial charge on any atom is 0.131 e. The summed E-state index contributed by atoms with van der Waals surface area (Å²) in [5, 5.41) is 0. The van der Waals surface area contributed by atoms with Crippen LogP contribution in [-0.4, -0.2) is 40.9 Å². The number of rotatable bonds is 9. The normalized spacial score (nSPS) is 11.1.